The molecule has 0 radical (unpaired) electrons. The summed E-state index contributed by atoms with van der Waals surface area (Å²) in [6, 6.07) is 0.761. The van der Waals surface area contributed by atoms with Crippen molar-refractivity contribution in [3.05, 3.63) is 0 Å². The third-order valence-electron chi connectivity index (χ3n) is 3.10. The topological polar surface area (TPSA) is 24.1 Å². The summed E-state index contributed by atoms with van der Waals surface area (Å²) >= 11 is 0. The highest BCUT2D eigenvalue weighted by Gasteiger charge is 2.28. The van der Waals surface area contributed by atoms with Gasteiger partial charge in [-0.1, -0.05) is 0 Å². The molecule has 0 heterocycles. The van der Waals surface area contributed by atoms with E-state index in [4.69, 9.17) is 0 Å². The van der Waals surface area contributed by atoms with Crippen molar-refractivity contribution in [3.8, 4) is 0 Å². The molecule has 2 heteroatoms. The minimum Gasteiger partial charge on any atom is -0.317 e. The highest BCUT2D eigenvalue weighted by atomic mass is 14.9. The summed E-state index contributed by atoms with van der Waals surface area (Å²) in [4.78, 5) is 0. The third-order valence-corrected chi connectivity index (χ3v) is 3.10. The van der Waals surface area contributed by atoms with Gasteiger partial charge in [-0.15, -0.1) is 0 Å². The Hall–Kier alpha value is -0.0800. The van der Waals surface area contributed by atoms with E-state index >= 15 is 0 Å². The first-order valence-electron chi connectivity index (χ1n) is 4.56. The number of nitrogens with one attached hydrogen (secondary N) is 2. The van der Waals surface area contributed by atoms with Gasteiger partial charge in [0.2, 0.25) is 0 Å². The van der Waals surface area contributed by atoms with Crippen molar-refractivity contribution in [1.82, 2.24) is 10.6 Å². The van der Waals surface area contributed by atoms with Crippen LogP contribution in [0, 0.1) is 0 Å². The predicted octanol–water partition coefficient (Wildman–Crippen LogP) is 1.13. The van der Waals surface area contributed by atoms with Gasteiger partial charge < -0.3 is 10.6 Å². The second-order valence-electron chi connectivity index (χ2n) is 3.87. The minimum absolute atomic E-state index is 0.410. The number of hydrogen-bond donors (Lipinski definition) is 2. The molecule has 0 spiro atoms. The highest BCUT2D eigenvalue weighted by molar-refractivity contribution is 4.89. The zero-order valence-corrected chi connectivity index (χ0v) is 7.91. The lowest BCUT2D eigenvalue weighted by Crippen LogP contribution is -2.46. The van der Waals surface area contributed by atoms with E-state index < -0.39 is 0 Å². The Balaban J connectivity index is 2.35. The van der Waals surface area contributed by atoms with E-state index in [2.05, 4.69) is 31.7 Å². The Labute approximate surface area is 69.8 Å². The predicted molar refractivity (Wildman–Crippen MR) is 48.8 cm³/mol. The van der Waals surface area contributed by atoms with E-state index in [1.54, 1.807) is 0 Å². The molecule has 1 fully saturated rings. The molecular weight excluding hydrogens is 136 g/mol. The molecule has 2 nitrogen and oxygen atoms in total. The lowest BCUT2D eigenvalue weighted by Gasteiger charge is -2.37. The van der Waals surface area contributed by atoms with Gasteiger partial charge in [-0.05, 0) is 46.7 Å². The molecule has 0 bridgehead atoms. The standard InChI is InChI=1S/C9H20N2/c1-9(11-3)6-4-8(10-2)5-7-9/h8,10-11H,4-7H2,1-3H3. The molecule has 11 heavy (non-hydrogen) atoms. The monoisotopic (exact) mass is 156 g/mol. The summed E-state index contributed by atoms with van der Waals surface area (Å²) in [5, 5.41) is 6.74. The molecule has 0 unspecified atom stereocenters. The van der Waals surface area contributed by atoms with Crippen molar-refractivity contribution < 1.29 is 0 Å². The van der Waals surface area contributed by atoms with E-state index in [0.717, 1.165) is 6.04 Å². The molecular formula is C9H20N2. The van der Waals surface area contributed by atoms with Crippen molar-refractivity contribution in [2.75, 3.05) is 14.1 Å². The molecule has 2 N–H and O–H groups in total. The molecule has 0 aromatic heterocycles. The minimum atomic E-state index is 0.410. The molecule has 0 saturated heterocycles. The van der Waals surface area contributed by atoms with Gasteiger partial charge in [-0.2, -0.15) is 0 Å². The quantitative estimate of drug-likeness (QED) is 0.626. The van der Waals surface area contributed by atoms with Crippen LogP contribution in [-0.4, -0.2) is 25.7 Å². The molecule has 0 atom stereocenters. The summed E-state index contributed by atoms with van der Waals surface area (Å²) in [7, 11) is 4.13. The zero-order chi connectivity index (χ0) is 8.32. The molecule has 0 amide bonds. The van der Waals surface area contributed by atoms with Gasteiger partial charge in [-0.25, -0.2) is 0 Å². The van der Waals surface area contributed by atoms with Gasteiger partial charge in [-0.3, -0.25) is 0 Å². The van der Waals surface area contributed by atoms with Crippen LogP contribution in [0.2, 0.25) is 0 Å². The van der Waals surface area contributed by atoms with Crippen LogP contribution in [-0.2, 0) is 0 Å². The van der Waals surface area contributed by atoms with Gasteiger partial charge in [0, 0.05) is 11.6 Å². The molecule has 1 aliphatic rings. The fraction of sp³-hybridized carbons (Fsp3) is 1.00. The van der Waals surface area contributed by atoms with E-state index in [1.807, 2.05) is 0 Å². The van der Waals surface area contributed by atoms with Crippen molar-refractivity contribution in [2.24, 2.45) is 0 Å². The van der Waals surface area contributed by atoms with Crippen molar-refractivity contribution >= 4 is 0 Å². The molecule has 1 rings (SSSR count). The molecule has 1 saturated carbocycles. The normalized spacial score (nSPS) is 39.0. The summed E-state index contributed by atoms with van der Waals surface area (Å²) < 4.78 is 0. The van der Waals surface area contributed by atoms with Gasteiger partial charge in [0.25, 0.3) is 0 Å². The van der Waals surface area contributed by atoms with Crippen molar-refractivity contribution in [3.63, 3.8) is 0 Å². The maximum Gasteiger partial charge on any atom is 0.0151 e. The second kappa shape index (κ2) is 3.55. The maximum atomic E-state index is 3.40. The van der Waals surface area contributed by atoms with Crippen LogP contribution in [0.25, 0.3) is 0 Å². The number of hydrogen-bond acceptors (Lipinski definition) is 2. The molecule has 0 aromatic rings. The van der Waals surface area contributed by atoms with Gasteiger partial charge in [0.1, 0.15) is 0 Å². The maximum absolute atomic E-state index is 3.40. The molecule has 0 aromatic carbocycles. The first kappa shape index (κ1) is 9.01. The van der Waals surface area contributed by atoms with Gasteiger partial charge in [0.05, 0.1) is 0 Å². The fourth-order valence-corrected chi connectivity index (χ4v) is 1.79. The largest absolute Gasteiger partial charge is 0.317 e. The Kier molecular flexibility index (Phi) is 2.90. The van der Waals surface area contributed by atoms with Crippen molar-refractivity contribution in [2.45, 2.75) is 44.2 Å². The summed E-state index contributed by atoms with van der Waals surface area (Å²) in [6.07, 6.45) is 5.23. The average molecular weight is 156 g/mol. The lowest BCUT2D eigenvalue weighted by molar-refractivity contribution is 0.237. The fourth-order valence-electron chi connectivity index (χ4n) is 1.79. The van der Waals surface area contributed by atoms with Crippen LogP contribution in [0.1, 0.15) is 32.6 Å². The Morgan fingerprint density at radius 2 is 1.73 bits per heavy atom. The van der Waals surface area contributed by atoms with Crippen LogP contribution >= 0.6 is 0 Å². The SMILES string of the molecule is CNC1CCC(C)(NC)CC1. The van der Waals surface area contributed by atoms with E-state index in [1.165, 1.54) is 25.7 Å². The smallest absolute Gasteiger partial charge is 0.0151 e. The summed E-state index contributed by atoms with van der Waals surface area (Å²) in [6.45, 7) is 2.32. The van der Waals surface area contributed by atoms with E-state index in [-0.39, 0.29) is 0 Å². The Morgan fingerprint density at radius 1 is 1.18 bits per heavy atom. The number of rotatable bonds is 2. The molecule has 66 valence electrons. The van der Waals surface area contributed by atoms with Gasteiger partial charge in [0.15, 0.2) is 0 Å². The first-order valence-corrected chi connectivity index (χ1v) is 4.56. The van der Waals surface area contributed by atoms with E-state index in [0.29, 0.717) is 5.54 Å². The third kappa shape index (κ3) is 2.17. The first-order chi connectivity index (χ1) is 5.20. The second-order valence-corrected chi connectivity index (χ2v) is 3.87. The van der Waals surface area contributed by atoms with Crippen LogP contribution in [0.4, 0.5) is 0 Å². The summed E-state index contributed by atoms with van der Waals surface area (Å²) in [5.41, 5.74) is 0.410. The van der Waals surface area contributed by atoms with Crippen LogP contribution in [0.3, 0.4) is 0 Å². The Bertz CT molecular complexity index is 115. The average Bonchev–Trinajstić information content (AvgIpc) is 2.06. The zero-order valence-electron chi connectivity index (χ0n) is 7.91. The Morgan fingerprint density at radius 3 is 2.09 bits per heavy atom. The molecule has 1 aliphatic carbocycles. The highest BCUT2D eigenvalue weighted by Crippen LogP contribution is 2.27. The van der Waals surface area contributed by atoms with Crippen molar-refractivity contribution in [1.29, 1.82) is 0 Å². The molecule has 0 aliphatic heterocycles. The van der Waals surface area contributed by atoms with E-state index in [9.17, 15) is 0 Å². The van der Waals surface area contributed by atoms with Crippen LogP contribution in [0.5, 0.6) is 0 Å². The lowest BCUT2D eigenvalue weighted by atomic mass is 9.81. The van der Waals surface area contributed by atoms with Crippen LogP contribution < -0.4 is 10.6 Å². The van der Waals surface area contributed by atoms with Gasteiger partial charge >= 0.3 is 0 Å². The van der Waals surface area contributed by atoms with Crippen LogP contribution in [0.15, 0.2) is 0 Å². The summed E-state index contributed by atoms with van der Waals surface area (Å²) in [5.74, 6) is 0.